The smallest absolute Gasteiger partial charge is 0.249 e. The fourth-order valence-corrected chi connectivity index (χ4v) is 0.773. The zero-order valence-electron chi connectivity index (χ0n) is 7.27. The second kappa shape index (κ2) is 3.77. The van der Waals surface area contributed by atoms with E-state index < -0.39 is 17.7 Å². The molecule has 0 fully saturated rings. The summed E-state index contributed by atoms with van der Waals surface area (Å²) >= 11 is 0. The van der Waals surface area contributed by atoms with E-state index in [2.05, 4.69) is 4.99 Å². The van der Waals surface area contributed by atoms with E-state index in [1.54, 1.807) is 0 Å². The van der Waals surface area contributed by atoms with Gasteiger partial charge in [-0.1, -0.05) is 0 Å². The summed E-state index contributed by atoms with van der Waals surface area (Å²) in [6.45, 7) is 0.864. The largest absolute Gasteiger partial charge is 0.429 e. The molecule has 0 aromatic heterocycles. The van der Waals surface area contributed by atoms with Gasteiger partial charge in [0.2, 0.25) is 0 Å². The van der Waals surface area contributed by atoms with Crippen LogP contribution >= 0.6 is 0 Å². The zero-order valence-corrected chi connectivity index (χ0v) is 7.27. The third-order valence-corrected chi connectivity index (χ3v) is 1.53. The van der Waals surface area contributed by atoms with Crippen LogP contribution in [0.5, 0.6) is 0 Å². The van der Waals surface area contributed by atoms with Gasteiger partial charge in [-0.15, -0.1) is 0 Å². The fraction of sp³-hybridized carbons (Fsp3) is 0.222. The Bertz CT molecular complexity index is 337. The molecule has 0 aliphatic heterocycles. The lowest BCUT2D eigenvalue weighted by molar-refractivity contribution is -0.0591. The fourth-order valence-electron chi connectivity index (χ4n) is 0.773. The standard InChI is InChI=1S/C9H7F4N/c1-6(9(11,12)13)14-8-4-2-7(10)3-5-8/h2-5H,1H3. The van der Waals surface area contributed by atoms with Crippen LogP contribution in [0.2, 0.25) is 0 Å². The second-order valence-electron chi connectivity index (χ2n) is 2.67. The van der Waals surface area contributed by atoms with E-state index in [9.17, 15) is 17.6 Å². The monoisotopic (exact) mass is 205 g/mol. The van der Waals surface area contributed by atoms with Crippen molar-refractivity contribution in [2.75, 3.05) is 0 Å². The molecule has 0 aliphatic rings. The molecule has 0 heterocycles. The lowest BCUT2D eigenvalue weighted by Gasteiger charge is -2.04. The molecule has 0 aliphatic carbocycles. The van der Waals surface area contributed by atoms with Gasteiger partial charge in [0.1, 0.15) is 11.5 Å². The summed E-state index contributed by atoms with van der Waals surface area (Å²) in [4.78, 5) is 3.30. The molecule has 0 N–H and O–H groups in total. The molecule has 1 rings (SSSR count). The Labute approximate surface area is 78.1 Å². The zero-order chi connectivity index (χ0) is 10.8. The predicted octanol–water partition coefficient (Wildman–Crippen LogP) is 3.48. The van der Waals surface area contributed by atoms with E-state index in [4.69, 9.17) is 0 Å². The highest BCUT2D eigenvalue weighted by molar-refractivity contribution is 5.89. The van der Waals surface area contributed by atoms with Gasteiger partial charge in [-0.2, -0.15) is 13.2 Å². The van der Waals surface area contributed by atoms with Gasteiger partial charge >= 0.3 is 6.18 Å². The molecule has 0 spiro atoms. The topological polar surface area (TPSA) is 12.4 Å². The average Bonchev–Trinajstić information content (AvgIpc) is 2.07. The number of benzene rings is 1. The molecular formula is C9H7F4N. The van der Waals surface area contributed by atoms with Crippen molar-refractivity contribution in [1.82, 2.24) is 0 Å². The van der Waals surface area contributed by atoms with Gasteiger partial charge in [-0.3, -0.25) is 0 Å². The Kier molecular flexibility index (Phi) is 2.88. The van der Waals surface area contributed by atoms with Crippen LogP contribution < -0.4 is 0 Å². The summed E-state index contributed by atoms with van der Waals surface area (Å²) < 4.78 is 48.4. The summed E-state index contributed by atoms with van der Waals surface area (Å²) in [5.41, 5.74) is -0.870. The Morgan fingerprint density at radius 3 is 2.07 bits per heavy atom. The number of aliphatic imine (C=N–C) groups is 1. The van der Waals surface area contributed by atoms with Crippen LogP contribution in [-0.2, 0) is 0 Å². The van der Waals surface area contributed by atoms with Crippen molar-refractivity contribution in [2.24, 2.45) is 4.99 Å². The molecule has 0 unspecified atom stereocenters. The first-order valence-corrected chi connectivity index (χ1v) is 3.77. The molecule has 0 radical (unpaired) electrons. The minimum Gasteiger partial charge on any atom is -0.249 e. The Morgan fingerprint density at radius 2 is 1.64 bits per heavy atom. The number of rotatable bonds is 1. The van der Waals surface area contributed by atoms with E-state index in [0.29, 0.717) is 0 Å². The molecule has 0 saturated heterocycles. The normalized spacial score (nSPS) is 13.1. The minimum atomic E-state index is -4.44. The lowest BCUT2D eigenvalue weighted by Crippen LogP contribution is -2.18. The van der Waals surface area contributed by atoms with Gasteiger partial charge in [0.25, 0.3) is 0 Å². The molecule has 1 aromatic rings. The van der Waals surface area contributed by atoms with Crippen LogP contribution in [0, 0.1) is 5.82 Å². The summed E-state index contributed by atoms with van der Waals surface area (Å²) in [6, 6.07) is 4.49. The summed E-state index contributed by atoms with van der Waals surface area (Å²) in [7, 11) is 0. The number of alkyl halides is 3. The quantitative estimate of drug-likeness (QED) is 0.491. The van der Waals surface area contributed by atoms with E-state index >= 15 is 0 Å². The number of hydrogen-bond donors (Lipinski definition) is 0. The van der Waals surface area contributed by atoms with Crippen molar-refractivity contribution in [2.45, 2.75) is 13.1 Å². The lowest BCUT2D eigenvalue weighted by atomic mass is 10.3. The third kappa shape index (κ3) is 2.83. The van der Waals surface area contributed by atoms with Gasteiger partial charge in [-0.25, -0.2) is 9.38 Å². The van der Waals surface area contributed by atoms with Crippen molar-refractivity contribution < 1.29 is 17.6 Å². The molecule has 1 nitrogen and oxygen atoms in total. The van der Waals surface area contributed by atoms with Gasteiger partial charge in [-0.05, 0) is 31.2 Å². The van der Waals surface area contributed by atoms with E-state index in [0.717, 1.165) is 19.1 Å². The van der Waals surface area contributed by atoms with Crippen molar-refractivity contribution in [3.63, 3.8) is 0 Å². The number of hydrogen-bond acceptors (Lipinski definition) is 1. The molecule has 5 heteroatoms. The minimum absolute atomic E-state index is 0.0845. The van der Waals surface area contributed by atoms with Crippen molar-refractivity contribution >= 4 is 11.4 Å². The van der Waals surface area contributed by atoms with Gasteiger partial charge in [0.15, 0.2) is 0 Å². The van der Waals surface area contributed by atoms with Crippen LogP contribution in [0.3, 0.4) is 0 Å². The Hall–Kier alpha value is -1.39. The van der Waals surface area contributed by atoms with E-state index in [1.807, 2.05) is 0 Å². The number of nitrogens with zero attached hydrogens (tertiary/aromatic N) is 1. The van der Waals surface area contributed by atoms with Gasteiger partial charge in [0, 0.05) is 0 Å². The highest BCUT2D eigenvalue weighted by Gasteiger charge is 2.31. The molecule has 0 atom stereocenters. The van der Waals surface area contributed by atoms with E-state index in [1.165, 1.54) is 12.1 Å². The maximum Gasteiger partial charge on any atom is 0.429 e. The molecule has 14 heavy (non-hydrogen) atoms. The molecule has 1 aromatic carbocycles. The number of halogens is 4. The molecule has 0 amide bonds. The van der Waals surface area contributed by atoms with Gasteiger partial charge in [0.05, 0.1) is 5.69 Å². The predicted molar refractivity (Wildman–Crippen MR) is 45.2 cm³/mol. The molecular weight excluding hydrogens is 198 g/mol. The van der Waals surface area contributed by atoms with Crippen molar-refractivity contribution in [3.05, 3.63) is 30.1 Å². The highest BCUT2D eigenvalue weighted by atomic mass is 19.4. The Balaban J connectivity index is 2.93. The maximum atomic E-state index is 12.4. The third-order valence-electron chi connectivity index (χ3n) is 1.53. The van der Waals surface area contributed by atoms with Crippen LogP contribution in [-0.4, -0.2) is 11.9 Å². The molecule has 0 bridgehead atoms. The summed E-state index contributed by atoms with van der Waals surface area (Å²) in [5, 5.41) is 0. The second-order valence-corrected chi connectivity index (χ2v) is 2.67. The first kappa shape index (κ1) is 10.7. The summed E-state index contributed by atoms with van der Waals surface area (Å²) in [6.07, 6.45) is -4.44. The Morgan fingerprint density at radius 1 is 1.14 bits per heavy atom. The van der Waals surface area contributed by atoms with Crippen LogP contribution in [0.4, 0.5) is 23.2 Å². The highest BCUT2D eigenvalue weighted by Crippen LogP contribution is 2.21. The average molecular weight is 205 g/mol. The SMILES string of the molecule is CC(=Nc1ccc(F)cc1)C(F)(F)F. The van der Waals surface area contributed by atoms with E-state index in [-0.39, 0.29) is 5.69 Å². The maximum absolute atomic E-state index is 12.4. The van der Waals surface area contributed by atoms with Crippen LogP contribution in [0.15, 0.2) is 29.3 Å². The van der Waals surface area contributed by atoms with Crippen molar-refractivity contribution in [1.29, 1.82) is 0 Å². The molecule has 76 valence electrons. The van der Waals surface area contributed by atoms with Crippen LogP contribution in [0.1, 0.15) is 6.92 Å². The first-order valence-electron chi connectivity index (χ1n) is 3.77. The van der Waals surface area contributed by atoms with Gasteiger partial charge < -0.3 is 0 Å². The summed E-state index contributed by atoms with van der Waals surface area (Å²) in [5.74, 6) is -0.506. The van der Waals surface area contributed by atoms with Crippen LogP contribution in [0.25, 0.3) is 0 Å². The van der Waals surface area contributed by atoms with Crippen molar-refractivity contribution in [3.8, 4) is 0 Å². The molecule has 0 saturated carbocycles. The first-order chi connectivity index (χ1) is 6.39.